The van der Waals surface area contributed by atoms with E-state index < -0.39 is 0 Å². The SMILES string of the molecule is CCOc1ccccc1C(=O)N(CCC#N)C1CC1. The molecule has 0 aromatic heterocycles. The van der Waals surface area contributed by atoms with Crippen molar-refractivity contribution in [1.82, 2.24) is 4.90 Å². The maximum Gasteiger partial charge on any atom is 0.257 e. The molecule has 0 radical (unpaired) electrons. The minimum atomic E-state index is -0.0261. The standard InChI is InChI=1S/C15H18N2O2/c1-2-19-14-7-4-3-6-13(14)15(18)17(11-5-10-16)12-8-9-12/h3-4,6-7,12H,2,5,8-9,11H2,1H3. The first-order valence-electron chi connectivity index (χ1n) is 6.67. The van der Waals surface area contributed by atoms with Gasteiger partial charge < -0.3 is 9.64 Å². The molecule has 19 heavy (non-hydrogen) atoms. The number of ether oxygens (including phenoxy) is 1. The van der Waals surface area contributed by atoms with E-state index in [1.54, 1.807) is 11.0 Å². The van der Waals surface area contributed by atoms with Gasteiger partial charge in [-0.25, -0.2) is 0 Å². The summed E-state index contributed by atoms with van der Waals surface area (Å²) < 4.78 is 5.50. The molecule has 0 atom stereocenters. The molecule has 0 bridgehead atoms. The number of para-hydroxylation sites is 1. The van der Waals surface area contributed by atoms with Gasteiger partial charge in [0.05, 0.1) is 24.7 Å². The average Bonchev–Trinajstić information content (AvgIpc) is 3.24. The molecule has 0 unspecified atom stereocenters. The first-order valence-corrected chi connectivity index (χ1v) is 6.67. The van der Waals surface area contributed by atoms with E-state index in [2.05, 4.69) is 6.07 Å². The zero-order valence-electron chi connectivity index (χ0n) is 11.1. The van der Waals surface area contributed by atoms with E-state index in [4.69, 9.17) is 10.00 Å². The van der Waals surface area contributed by atoms with Crippen molar-refractivity contribution in [1.29, 1.82) is 5.26 Å². The molecule has 0 N–H and O–H groups in total. The van der Waals surface area contributed by atoms with E-state index in [0.29, 0.717) is 36.9 Å². The molecular formula is C15H18N2O2. The second-order valence-electron chi connectivity index (χ2n) is 4.57. The second-order valence-corrected chi connectivity index (χ2v) is 4.57. The van der Waals surface area contributed by atoms with Crippen molar-refractivity contribution in [3.05, 3.63) is 29.8 Å². The van der Waals surface area contributed by atoms with E-state index in [0.717, 1.165) is 12.8 Å². The van der Waals surface area contributed by atoms with Gasteiger partial charge in [0.2, 0.25) is 0 Å². The number of amides is 1. The normalized spacial score (nSPS) is 13.7. The van der Waals surface area contributed by atoms with E-state index in [1.807, 2.05) is 25.1 Å². The Morgan fingerprint density at radius 3 is 2.84 bits per heavy atom. The van der Waals surface area contributed by atoms with Gasteiger partial charge in [-0.1, -0.05) is 12.1 Å². The molecule has 2 rings (SSSR count). The lowest BCUT2D eigenvalue weighted by molar-refractivity contribution is 0.0742. The van der Waals surface area contributed by atoms with Crippen LogP contribution in [0.2, 0.25) is 0 Å². The predicted molar refractivity (Wildman–Crippen MR) is 71.9 cm³/mol. The van der Waals surface area contributed by atoms with Crippen molar-refractivity contribution in [2.24, 2.45) is 0 Å². The van der Waals surface area contributed by atoms with Crippen molar-refractivity contribution in [2.75, 3.05) is 13.2 Å². The molecule has 1 aliphatic carbocycles. The monoisotopic (exact) mass is 258 g/mol. The summed E-state index contributed by atoms with van der Waals surface area (Å²) in [5, 5.41) is 8.70. The van der Waals surface area contributed by atoms with Crippen LogP contribution in [0.25, 0.3) is 0 Å². The Morgan fingerprint density at radius 1 is 1.47 bits per heavy atom. The molecule has 0 heterocycles. The van der Waals surface area contributed by atoms with Crippen molar-refractivity contribution in [2.45, 2.75) is 32.2 Å². The molecule has 1 aromatic rings. The minimum absolute atomic E-state index is 0.0261. The van der Waals surface area contributed by atoms with Crippen LogP contribution in [0.1, 0.15) is 36.5 Å². The van der Waals surface area contributed by atoms with Gasteiger partial charge in [0.1, 0.15) is 5.75 Å². The summed E-state index contributed by atoms with van der Waals surface area (Å²) in [6, 6.07) is 9.70. The zero-order chi connectivity index (χ0) is 13.7. The molecule has 4 nitrogen and oxygen atoms in total. The number of rotatable bonds is 6. The summed E-state index contributed by atoms with van der Waals surface area (Å²) in [5.41, 5.74) is 0.592. The summed E-state index contributed by atoms with van der Waals surface area (Å²) >= 11 is 0. The zero-order valence-corrected chi connectivity index (χ0v) is 11.1. The third-order valence-electron chi connectivity index (χ3n) is 3.13. The van der Waals surface area contributed by atoms with E-state index in [1.165, 1.54) is 0 Å². The van der Waals surface area contributed by atoms with Gasteiger partial charge in [-0.3, -0.25) is 4.79 Å². The summed E-state index contributed by atoms with van der Waals surface area (Å²) in [4.78, 5) is 14.4. The van der Waals surface area contributed by atoms with E-state index in [9.17, 15) is 4.79 Å². The van der Waals surface area contributed by atoms with Crippen molar-refractivity contribution in [3.8, 4) is 11.8 Å². The quantitative estimate of drug-likeness (QED) is 0.788. The second kappa shape index (κ2) is 6.24. The summed E-state index contributed by atoms with van der Waals surface area (Å²) in [7, 11) is 0. The Balaban J connectivity index is 2.19. The van der Waals surface area contributed by atoms with Crippen LogP contribution in [0.4, 0.5) is 0 Å². The van der Waals surface area contributed by atoms with Gasteiger partial charge in [0, 0.05) is 12.6 Å². The topological polar surface area (TPSA) is 53.3 Å². The lowest BCUT2D eigenvalue weighted by Gasteiger charge is -2.22. The first-order chi connectivity index (χ1) is 9.27. The van der Waals surface area contributed by atoms with Crippen LogP contribution >= 0.6 is 0 Å². The third-order valence-corrected chi connectivity index (χ3v) is 3.13. The summed E-state index contributed by atoms with van der Waals surface area (Å²) in [6.07, 6.45) is 2.45. The van der Waals surface area contributed by atoms with Crippen LogP contribution in [0.3, 0.4) is 0 Å². The fourth-order valence-electron chi connectivity index (χ4n) is 2.09. The van der Waals surface area contributed by atoms with Gasteiger partial charge in [-0.15, -0.1) is 0 Å². The molecular weight excluding hydrogens is 240 g/mol. The lowest BCUT2D eigenvalue weighted by atomic mass is 10.1. The molecule has 0 saturated heterocycles. The Bertz CT molecular complexity index is 489. The molecule has 0 aliphatic heterocycles. The average molecular weight is 258 g/mol. The molecule has 1 aromatic carbocycles. The fraction of sp³-hybridized carbons (Fsp3) is 0.467. The smallest absolute Gasteiger partial charge is 0.257 e. The molecule has 1 aliphatic rings. The number of nitrogens with zero attached hydrogens (tertiary/aromatic N) is 2. The summed E-state index contributed by atoms with van der Waals surface area (Å²) in [6.45, 7) is 2.93. The number of nitriles is 1. The first kappa shape index (κ1) is 13.4. The number of carbonyl (C=O) groups is 1. The van der Waals surface area contributed by atoms with Gasteiger partial charge in [-0.05, 0) is 31.9 Å². The van der Waals surface area contributed by atoms with Gasteiger partial charge in [0.25, 0.3) is 5.91 Å². The van der Waals surface area contributed by atoms with Crippen LogP contribution in [0.5, 0.6) is 5.75 Å². The number of hydrogen-bond acceptors (Lipinski definition) is 3. The Labute approximate surface area is 113 Å². The number of carbonyl (C=O) groups excluding carboxylic acids is 1. The van der Waals surface area contributed by atoms with Crippen LogP contribution in [-0.4, -0.2) is 30.0 Å². The maximum absolute atomic E-state index is 12.6. The molecule has 1 saturated carbocycles. The highest BCUT2D eigenvalue weighted by molar-refractivity contribution is 5.97. The predicted octanol–water partition coefficient (Wildman–Crippen LogP) is 2.60. The fourth-order valence-corrected chi connectivity index (χ4v) is 2.09. The highest BCUT2D eigenvalue weighted by atomic mass is 16.5. The highest BCUT2D eigenvalue weighted by Crippen LogP contribution is 2.30. The number of hydrogen-bond donors (Lipinski definition) is 0. The minimum Gasteiger partial charge on any atom is -0.493 e. The van der Waals surface area contributed by atoms with Crippen LogP contribution in [0, 0.1) is 11.3 Å². The third kappa shape index (κ3) is 3.25. The van der Waals surface area contributed by atoms with E-state index in [-0.39, 0.29) is 5.91 Å². The van der Waals surface area contributed by atoms with Gasteiger partial charge in [-0.2, -0.15) is 5.26 Å². The van der Waals surface area contributed by atoms with Crippen LogP contribution < -0.4 is 4.74 Å². The largest absolute Gasteiger partial charge is 0.493 e. The Kier molecular flexibility index (Phi) is 4.40. The van der Waals surface area contributed by atoms with Crippen molar-refractivity contribution in [3.63, 3.8) is 0 Å². The molecule has 100 valence electrons. The molecule has 0 spiro atoms. The Morgan fingerprint density at radius 2 is 2.21 bits per heavy atom. The lowest BCUT2D eigenvalue weighted by Crippen LogP contribution is -2.34. The van der Waals surface area contributed by atoms with Gasteiger partial charge >= 0.3 is 0 Å². The molecule has 1 fully saturated rings. The molecule has 1 amide bonds. The number of benzene rings is 1. The van der Waals surface area contributed by atoms with Crippen LogP contribution in [-0.2, 0) is 0 Å². The van der Waals surface area contributed by atoms with E-state index >= 15 is 0 Å². The van der Waals surface area contributed by atoms with Crippen molar-refractivity contribution >= 4 is 5.91 Å². The Hall–Kier alpha value is -2.02. The highest BCUT2D eigenvalue weighted by Gasteiger charge is 2.33. The molecule has 4 heteroatoms. The van der Waals surface area contributed by atoms with Crippen molar-refractivity contribution < 1.29 is 9.53 Å². The maximum atomic E-state index is 12.6. The summed E-state index contributed by atoms with van der Waals surface area (Å²) in [5.74, 6) is 0.597. The van der Waals surface area contributed by atoms with Gasteiger partial charge in [0.15, 0.2) is 0 Å². The van der Waals surface area contributed by atoms with Crippen LogP contribution in [0.15, 0.2) is 24.3 Å².